The average molecular weight is 408 g/mol. The number of fused-ring (bicyclic) bond motifs is 3. The Morgan fingerprint density at radius 1 is 1.03 bits per heavy atom. The summed E-state index contributed by atoms with van der Waals surface area (Å²) in [5.41, 5.74) is 5.49. The van der Waals surface area contributed by atoms with E-state index < -0.39 is 0 Å². The number of phenolic OH excluding ortho intramolecular Hbond substituents is 1. The average Bonchev–Trinajstić information content (AvgIpc) is 3.32. The largest absolute Gasteiger partial charge is 0.508 e. The minimum Gasteiger partial charge on any atom is -0.508 e. The third-order valence-corrected chi connectivity index (χ3v) is 6.35. The number of phenols is 1. The molecule has 2 atom stereocenters. The molecule has 0 amide bonds. The number of hydrogen-bond acceptors (Lipinski definition) is 5. The predicted octanol–water partition coefficient (Wildman–Crippen LogP) is 5.49. The summed E-state index contributed by atoms with van der Waals surface area (Å²) in [5.74, 6) is 0.882. The Kier molecular flexibility index (Phi) is 3.96. The van der Waals surface area contributed by atoms with Crippen LogP contribution in [0, 0.1) is 0 Å². The number of nitrogens with one attached hydrogen (secondary N) is 1. The number of aromatic nitrogens is 1. The summed E-state index contributed by atoms with van der Waals surface area (Å²) in [7, 11) is 0. The maximum atomic E-state index is 13.5. The zero-order chi connectivity index (χ0) is 20.9. The Hall–Kier alpha value is -3.86. The molecule has 2 aliphatic rings. The SMILES string of the molecule is O=C1C[C@@H](c2ccco2)CC2=C1[C@@H](c1cccc(O)c1)c1c(ccc3ncccc13)N2. The van der Waals surface area contributed by atoms with Crippen molar-refractivity contribution in [1.82, 2.24) is 4.98 Å². The van der Waals surface area contributed by atoms with Crippen molar-refractivity contribution in [2.45, 2.75) is 24.7 Å². The normalized spacial score (nSPS) is 20.3. The van der Waals surface area contributed by atoms with E-state index in [0.29, 0.717) is 12.8 Å². The van der Waals surface area contributed by atoms with Gasteiger partial charge in [0.05, 0.1) is 11.8 Å². The first kappa shape index (κ1) is 18.0. The van der Waals surface area contributed by atoms with Crippen LogP contribution in [0.3, 0.4) is 0 Å². The lowest BCUT2D eigenvalue weighted by Crippen LogP contribution is -2.29. The molecule has 2 N–H and O–H groups in total. The van der Waals surface area contributed by atoms with Crippen LogP contribution >= 0.6 is 0 Å². The molecule has 0 unspecified atom stereocenters. The van der Waals surface area contributed by atoms with Gasteiger partial charge < -0.3 is 14.8 Å². The lowest BCUT2D eigenvalue weighted by molar-refractivity contribution is -0.116. The number of furan rings is 1. The second kappa shape index (κ2) is 6.84. The number of benzene rings is 2. The van der Waals surface area contributed by atoms with Gasteiger partial charge in [0, 0.05) is 46.8 Å². The Bertz CT molecular complexity index is 1350. The molecule has 0 bridgehead atoms. The van der Waals surface area contributed by atoms with E-state index in [0.717, 1.165) is 44.7 Å². The number of hydrogen-bond donors (Lipinski definition) is 2. The highest BCUT2D eigenvalue weighted by Crippen LogP contribution is 2.50. The molecule has 5 heteroatoms. The van der Waals surface area contributed by atoms with E-state index >= 15 is 0 Å². The first-order valence-electron chi connectivity index (χ1n) is 10.4. The van der Waals surface area contributed by atoms with Gasteiger partial charge in [-0.2, -0.15) is 0 Å². The van der Waals surface area contributed by atoms with Gasteiger partial charge in [-0.25, -0.2) is 0 Å². The third-order valence-electron chi connectivity index (χ3n) is 6.35. The number of Topliss-reactive ketones (excluding diaryl/α,β-unsaturated/α-hetero) is 1. The van der Waals surface area contributed by atoms with Gasteiger partial charge in [0.25, 0.3) is 0 Å². The number of rotatable bonds is 2. The van der Waals surface area contributed by atoms with E-state index in [9.17, 15) is 9.90 Å². The highest BCUT2D eigenvalue weighted by molar-refractivity contribution is 6.04. The van der Waals surface area contributed by atoms with Gasteiger partial charge in [0.2, 0.25) is 0 Å². The molecule has 4 aromatic rings. The Morgan fingerprint density at radius 3 is 2.81 bits per heavy atom. The van der Waals surface area contributed by atoms with Gasteiger partial charge in [-0.15, -0.1) is 0 Å². The molecule has 0 spiro atoms. The molecule has 0 saturated carbocycles. The first-order chi connectivity index (χ1) is 15.2. The smallest absolute Gasteiger partial charge is 0.162 e. The summed E-state index contributed by atoms with van der Waals surface area (Å²) in [4.78, 5) is 18.0. The molecule has 0 fully saturated rings. The molecule has 3 heterocycles. The topological polar surface area (TPSA) is 75.4 Å². The lowest BCUT2D eigenvalue weighted by atomic mass is 9.72. The Balaban J connectivity index is 1.58. The number of aromatic hydroxyl groups is 1. The van der Waals surface area contributed by atoms with E-state index in [1.165, 1.54) is 0 Å². The quantitative estimate of drug-likeness (QED) is 0.459. The van der Waals surface area contributed by atoms with Crippen molar-refractivity contribution in [2.75, 3.05) is 5.32 Å². The van der Waals surface area contributed by atoms with Gasteiger partial charge in [-0.05, 0) is 60.0 Å². The number of ketones is 1. The number of carbonyl (C=O) groups is 1. The van der Waals surface area contributed by atoms with Crippen LogP contribution in [-0.4, -0.2) is 15.9 Å². The number of allylic oxidation sites excluding steroid dienone is 2. The Morgan fingerprint density at radius 2 is 1.97 bits per heavy atom. The number of anilines is 1. The van der Waals surface area contributed by atoms with E-state index in [2.05, 4.69) is 10.3 Å². The van der Waals surface area contributed by atoms with Crippen LogP contribution in [0.15, 0.2) is 88.8 Å². The molecule has 2 aromatic carbocycles. The highest BCUT2D eigenvalue weighted by Gasteiger charge is 2.39. The summed E-state index contributed by atoms with van der Waals surface area (Å²) in [6.07, 6.45) is 4.54. The van der Waals surface area contributed by atoms with Gasteiger partial charge in [0.15, 0.2) is 5.78 Å². The summed E-state index contributed by atoms with van der Waals surface area (Å²) >= 11 is 0. The number of nitrogens with zero attached hydrogens (tertiary/aromatic N) is 1. The van der Waals surface area contributed by atoms with Crippen LogP contribution in [0.4, 0.5) is 5.69 Å². The van der Waals surface area contributed by atoms with Crippen molar-refractivity contribution in [3.63, 3.8) is 0 Å². The van der Waals surface area contributed by atoms with Gasteiger partial charge in [0.1, 0.15) is 11.5 Å². The lowest BCUT2D eigenvalue weighted by Gasteiger charge is -2.36. The zero-order valence-electron chi connectivity index (χ0n) is 16.7. The molecule has 31 heavy (non-hydrogen) atoms. The van der Waals surface area contributed by atoms with E-state index in [-0.39, 0.29) is 23.4 Å². The molecule has 1 aliphatic carbocycles. The fourth-order valence-electron chi connectivity index (χ4n) is 5.05. The van der Waals surface area contributed by atoms with Crippen LogP contribution in [0.1, 0.15) is 41.6 Å². The summed E-state index contributed by atoms with van der Waals surface area (Å²) in [6, 6.07) is 19.0. The predicted molar refractivity (Wildman–Crippen MR) is 118 cm³/mol. The molecule has 1 aliphatic heterocycles. The second-order valence-corrected chi connectivity index (χ2v) is 8.19. The van der Waals surface area contributed by atoms with Crippen molar-refractivity contribution in [1.29, 1.82) is 0 Å². The molecule has 0 radical (unpaired) electrons. The van der Waals surface area contributed by atoms with Crippen LogP contribution in [-0.2, 0) is 4.79 Å². The van der Waals surface area contributed by atoms with Crippen molar-refractivity contribution in [3.8, 4) is 5.75 Å². The van der Waals surface area contributed by atoms with Crippen molar-refractivity contribution in [3.05, 3.63) is 101 Å². The van der Waals surface area contributed by atoms with Gasteiger partial charge >= 0.3 is 0 Å². The monoisotopic (exact) mass is 408 g/mol. The Labute approximate surface area is 179 Å². The van der Waals surface area contributed by atoms with E-state index in [4.69, 9.17) is 4.42 Å². The minimum absolute atomic E-state index is 0.0160. The fraction of sp³-hybridized carbons (Fsp3) is 0.154. The van der Waals surface area contributed by atoms with Crippen LogP contribution < -0.4 is 5.32 Å². The molecular weight excluding hydrogens is 388 g/mol. The fourth-order valence-corrected chi connectivity index (χ4v) is 5.05. The molecule has 6 rings (SSSR count). The van der Waals surface area contributed by atoms with E-state index in [1.807, 2.05) is 48.5 Å². The highest BCUT2D eigenvalue weighted by atomic mass is 16.3. The number of carbonyl (C=O) groups excluding carboxylic acids is 1. The third kappa shape index (κ3) is 2.85. The second-order valence-electron chi connectivity index (χ2n) is 8.19. The van der Waals surface area contributed by atoms with Crippen molar-refractivity contribution in [2.24, 2.45) is 0 Å². The summed E-state index contributed by atoms with van der Waals surface area (Å²) < 4.78 is 5.61. The van der Waals surface area contributed by atoms with Crippen molar-refractivity contribution < 1.29 is 14.3 Å². The molecule has 5 nitrogen and oxygen atoms in total. The van der Waals surface area contributed by atoms with Crippen LogP contribution in [0.5, 0.6) is 5.75 Å². The summed E-state index contributed by atoms with van der Waals surface area (Å²) in [5, 5.41) is 14.8. The zero-order valence-corrected chi connectivity index (χ0v) is 16.7. The standard InChI is InChI=1S/C26H20N2O3/c29-17-5-1-4-15(12-17)24-25-18-6-2-10-27-19(18)8-9-20(25)28-21-13-16(14-22(30)26(21)24)23-7-3-11-31-23/h1-12,16,24,28-29H,13-14H2/t16-,24-/m0/s1. The number of pyridine rings is 1. The minimum atomic E-state index is -0.267. The van der Waals surface area contributed by atoms with E-state index in [1.54, 1.807) is 24.6 Å². The van der Waals surface area contributed by atoms with Crippen LogP contribution in [0.2, 0.25) is 0 Å². The van der Waals surface area contributed by atoms with Crippen molar-refractivity contribution >= 4 is 22.4 Å². The maximum absolute atomic E-state index is 13.5. The molecule has 152 valence electrons. The first-order valence-corrected chi connectivity index (χ1v) is 10.4. The summed E-state index contributed by atoms with van der Waals surface area (Å²) in [6.45, 7) is 0. The molecule has 2 aromatic heterocycles. The van der Waals surface area contributed by atoms with Gasteiger partial charge in [-0.3, -0.25) is 9.78 Å². The van der Waals surface area contributed by atoms with Gasteiger partial charge in [-0.1, -0.05) is 18.2 Å². The van der Waals surface area contributed by atoms with Crippen LogP contribution in [0.25, 0.3) is 10.9 Å². The molecule has 0 saturated heterocycles. The molecular formula is C26H20N2O3. The maximum Gasteiger partial charge on any atom is 0.162 e.